The summed E-state index contributed by atoms with van der Waals surface area (Å²) >= 11 is 13.4. The molecule has 0 aliphatic carbocycles. The summed E-state index contributed by atoms with van der Waals surface area (Å²) in [5.41, 5.74) is 3.11. The second kappa shape index (κ2) is 11.9. The smallest absolute Gasteiger partial charge is 0.259 e. The minimum Gasteiger partial charge on any atom is -0.349 e. The highest BCUT2D eigenvalue weighted by atomic mass is 35.5. The standard InChI is InChI=1S/C31H22Cl2N4O4S/c32-22-15-12-20(16-23(22)33)34-29(39)26-27(41-26)30(40)37(17-18-6-2-1-3-7-18)21-13-10-19(11-14-21)28(38)36-31-35-24-8-4-5-9-25(24)42-31/h1-16,26-27H,17H2,(H,34,39)(H,35,36,38)/t26-,27-/m0/s1. The number of para-hydroxylation sites is 1. The molecule has 1 aromatic heterocycles. The zero-order valence-corrected chi connectivity index (χ0v) is 24.1. The van der Waals surface area contributed by atoms with Gasteiger partial charge >= 0.3 is 0 Å². The molecule has 0 radical (unpaired) electrons. The van der Waals surface area contributed by atoms with E-state index in [2.05, 4.69) is 15.6 Å². The number of aromatic nitrogens is 1. The number of halogens is 2. The molecule has 1 aliphatic heterocycles. The van der Waals surface area contributed by atoms with E-state index >= 15 is 0 Å². The summed E-state index contributed by atoms with van der Waals surface area (Å²) in [6.45, 7) is 0.248. The van der Waals surface area contributed by atoms with Crippen molar-refractivity contribution in [3.05, 3.63) is 118 Å². The molecule has 1 aliphatic rings. The normalized spacial score (nSPS) is 15.7. The minimum atomic E-state index is -0.960. The molecule has 0 bridgehead atoms. The van der Waals surface area contributed by atoms with Crippen molar-refractivity contribution < 1.29 is 19.1 Å². The van der Waals surface area contributed by atoms with Gasteiger partial charge in [0.05, 0.1) is 26.8 Å². The van der Waals surface area contributed by atoms with Crippen LogP contribution in [-0.4, -0.2) is 34.9 Å². The monoisotopic (exact) mass is 616 g/mol. The molecule has 8 nitrogen and oxygen atoms in total. The molecule has 2 N–H and O–H groups in total. The molecule has 6 rings (SSSR count). The Bertz CT molecular complexity index is 1760. The van der Waals surface area contributed by atoms with Crippen LogP contribution in [0.3, 0.4) is 0 Å². The van der Waals surface area contributed by atoms with Crippen molar-refractivity contribution >= 4 is 79.0 Å². The number of amides is 3. The zero-order chi connectivity index (χ0) is 29.2. The van der Waals surface area contributed by atoms with Gasteiger partial charge in [-0.1, -0.05) is 77.0 Å². The third kappa shape index (κ3) is 6.14. The first-order chi connectivity index (χ1) is 20.4. The van der Waals surface area contributed by atoms with Gasteiger partial charge in [0, 0.05) is 16.9 Å². The van der Waals surface area contributed by atoms with Crippen LogP contribution >= 0.6 is 34.5 Å². The molecule has 0 saturated carbocycles. The maximum absolute atomic E-state index is 13.6. The van der Waals surface area contributed by atoms with E-state index in [0.717, 1.165) is 15.8 Å². The van der Waals surface area contributed by atoms with Crippen LogP contribution in [0, 0.1) is 0 Å². The number of epoxide rings is 1. The van der Waals surface area contributed by atoms with Crippen LogP contribution in [0.25, 0.3) is 10.2 Å². The maximum atomic E-state index is 13.6. The number of carbonyl (C=O) groups is 3. The number of nitrogens with one attached hydrogen (secondary N) is 2. The van der Waals surface area contributed by atoms with E-state index in [1.54, 1.807) is 41.3 Å². The lowest BCUT2D eigenvalue weighted by Gasteiger charge is -2.22. The molecule has 3 amide bonds. The maximum Gasteiger partial charge on any atom is 0.259 e. The van der Waals surface area contributed by atoms with Crippen molar-refractivity contribution in [2.75, 3.05) is 15.5 Å². The van der Waals surface area contributed by atoms with E-state index in [1.165, 1.54) is 17.4 Å². The predicted molar refractivity (Wildman–Crippen MR) is 165 cm³/mol. The van der Waals surface area contributed by atoms with Gasteiger partial charge in [-0.05, 0) is 60.2 Å². The van der Waals surface area contributed by atoms with Gasteiger partial charge in [0.2, 0.25) is 0 Å². The van der Waals surface area contributed by atoms with E-state index in [0.29, 0.717) is 32.1 Å². The Kier molecular flexibility index (Phi) is 7.90. The van der Waals surface area contributed by atoms with E-state index in [1.807, 2.05) is 54.6 Å². The molecular weight excluding hydrogens is 595 g/mol. The Balaban J connectivity index is 1.17. The first kappa shape index (κ1) is 27.9. The van der Waals surface area contributed by atoms with Crippen molar-refractivity contribution in [2.45, 2.75) is 18.8 Å². The number of rotatable bonds is 8. The van der Waals surface area contributed by atoms with Crippen LogP contribution in [0.5, 0.6) is 0 Å². The lowest BCUT2D eigenvalue weighted by Crippen LogP contribution is -2.36. The summed E-state index contributed by atoms with van der Waals surface area (Å²) in [5, 5.41) is 6.71. The van der Waals surface area contributed by atoms with Crippen LogP contribution in [0.2, 0.25) is 10.0 Å². The first-order valence-electron chi connectivity index (χ1n) is 12.9. The topological polar surface area (TPSA) is 104 Å². The van der Waals surface area contributed by atoms with Crippen molar-refractivity contribution in [2.24, 2.45) is 0 Å². The molecule has 1 saturated heterocycles. The Morgan fingerprint density at radius 3 is 2.31 bits per heavy atom. The van der Waals surface area contributed by atoms with Crippen LogP contribution < -0.4 is 15.5 Å². The second-order valence-corrected chi connectivity index (χ2v) is 11.3. The van der Waals surface area contributed by atoms with Gasteiger partial charge in [0.25, 0.3) is 17.7 Å². The molecule has 0 unspecified atom stereocenters. The van der Waals surface area contributed by atoms with Crippen molar-refractivity contribution in [3.8, 4) is 0 Å². The van der Waals surface area contributed by atoms with E-state index in [9.17, 15) is 14.4 Å². The third-order valence-electron chi connectivity index (χ3n) is 6.59. The van der Waals surface area contributed by atoms with Gasteiger partial charge in [-0.2, -0.15) is 0 Å². The highest BCUT2D eigenvalue weighted by Gasteiger charge is 2.52. The number of thiazole rings is 1. The highest BCUT2D eigenvalue weighted by Crippen LogP contribution is 2.31. The van der Waals surface area contributed by atoms with E-state index < -0.39 is 18.1 Å². The minimum absolute atomic E-state index is 0.248. The highest BCUT2D eigenvalue weighted by molar-refractivity contribution is 7.22. The Morgan fingerprint density at radius 1 is 0.833 bits per heavy atom. The molecule has 4 aromatic carbocycles. The summed E-state index contributed by atoms with van der Waals surface area (Å²) in [6.07, 6.45) is -1.91. The number of benzene rings is 4. The molecule has 11 heteroatoms. The lowest BCUT2D eigenvalue weighted by atomic mass is 10.1. The summed E-state index contributed by atoms with van der Waals surface area (Å²) in [5.74, 6) is -1.15. The van der Waals surface area contributed by atoms with E-state index in [4.69, 9.17) is 27.9 Å². The summed E-state index contributed by atoms with van der Waals surface area (Å²) in [4.78, 5) is 45.3. The van der Waals surface area contributed by atoms with Gasteiger partial charge in [0.15, 0.2) is 17.3 Å². The van der Waals surface area contributed by atoms with Gasteiger partial charge in [-0.15, -0.1) is 0 Å². The molecule has 42 heavy (non-hydrogen) atoms. The number of ether oxygens (including phenoxy) is 1. The SMILES string of the molecule is O=C(Nc1nc2ccccc2s1)c1ccc(N(Cc2ccccc2)C(=O)[C@H]2O[C@@H]2C(=O)Nc2ccc(Cl)c(Cl)c2)cc1. The Morgan fingerprint density at radius 2 is 1.57 bits per heavy atom. The predicted octanol–water partition coefficient (Wildman–Crippen LogP) is 6.79. The van der Waals surface area contributed by atoms with E-state index in [-0.39, 0.29) is 18.4 Å². The van der Waals surface area contributed by atoms with Gasteiger partial charge in [-0.25, -0.2) is 4.98 Å². The summed E-state index contributed by atoms with van der Waals surface area (Å²) in [6, 6.07) is 28.5. The van der Waals surface area contributed by atoms with Crippen LogP contribution in [0.1, 0.15) is 15.9 Å². The number of fused-ring (bicyclic) bond motifs is 1. The van der Waals surface area contributed by atoms with Crippen molar-refractivity contribution in [1.82, 2.24) is 4.98 Å². The number of carbonyl (C=O) groups excluding carboxylic acids is 3. The Hall–Kier alpha value is -4.28. The molecule has 5 aromatic rings. The fourth-order valence-corrected chi connectivity index (χ4v) is 5.55. The number of nitrogens with zero attached hydrogens (tertiary/aromatic N) is 2. The average molecular weight is 618 g/mol. The summed E-state index contributed by atoms with van der Waals surface area (Å²) < 4.78 is 6.50. The van der Waals surface area contributed by atoms with Gasteiger partial charge in [-0.3, -0.25) is 19.7 Å². The average Bonchev–Trinajstić information content (AvgIpc) is 3.71. The largest absolute Gasteiger partial charge is 0.349 e. The third-order valence-corrected chi connectivity index (χ3v) is 8.28. The zero-order valence-electron chi connectivity index (χ0n) is 21.8. The molecule has 2 heterocycles. The quantitative estimate of drug-likeness (QED) is 0.187. The van der Waals surface area contributed by atoms with Crippen LogP contribution in [0.4, 0.5) is 16.5 Å². The fourth-order valence-electron chi connectivity index (χ4n) is 4.39. The molecular formula is C31H22Cl2N4O4S. The van der Waals surface area contributed by atoms with Crippen LogP contribution in [0.15, 0.2) is 97.1 Å². The molecule has 210 valence electrons. The Labute approximate surface area is 254 Å². The molecule has 0 spiro atoms. The fraction of sp³-hybridized carbons (Fsp3) is 0.0968. The van der Waals surface area contributed by atoms with Gasteiger partial charge < -0.3 is 15.0 Å². The number of hydrogen-bond acceptors (Lipinski definition) is 6. The first-order valence-corrected chi connectivity index (χ1v) is 14.5. The number of anilines is 3. The van der Waals surface area contributed by atoms with Crippen LogP contribution in [-0.2, 0) is 20.9 Å². The lowest BCUT2D eigenvalue weighted by molar-refractivity contribution is -0.120. The van der Waals surface area contributed by atoms with Crippen molar-refractivity contribution in [3.63, 3.8) is 0 Å². The number of hydrogen-bond donors (Lipinski definition) is 2. The molecule has 2 atom stereocenters. The second-order valence-electron chi connectivity index (χ2n) is 9.49. The van der Waals surface area contributed by atoms with Gasteiger partial charge in [0.1, 0.15) is 0 Å². The summed E-state index contributed by atoms with van der Waals surface area (Å²) in [7, 11) is 0. The van der Waals surface area contributed by atoms with Crippen molar-refractivity contribution in [1.29, 1.82) is 0 Å². The molecule has 1 fully saturated rings.